The molecule has 0 aliphatic carbocycles. The van der Waals surface area contributed by atoms with Crippen LogP contribution in [0.3, 0.4) is 0 Å². The van der Waals surface area contributed by atoms with E-state index >= 15 is 0 Å². The smallest absolute Gasteiger partial charge is 0.416 e. The van der Waals surface area contributed by atoms with Crippen LogP contribution in [0.25, 0.3) is 10.9 Å². The van der Waals surface area contributed by atoms with Gasteiger partial charge < -0.3 is 15.3 Å². The zero-order chi connectivity index (χ0) is 25.9. The van der Waals surface area contributed by atoms with Gasteiger partial charge in [0.05, 0.1) is 17.8 Å². The van der Waals surface area contributed by atoms with Crippen LogP contribution in [0.4, 0.5) is 4.79 Å². The summed E-state index contributed by atoms with van der Waals surface area (Å²) in [5.74, 6) is 8.63. The summed E-state index contributed by atoms with van der Waals surface area (Å²) in [6.45, 7) is 5.60. The highest BCUT2D eigenvalue weighted by molar-refractivity contribution is 6.31. The number of nitrogens with zero attached hydrogens (tertiary/aromatic N) is 2. The third kappa shape index (κ3) is 5.25. The molecule has 0 spiro atoms. The Morgan fingerprint density at radius 1 is 1.05 bits per heavy atom. The van der Waals surface area contributed by atoms with Crippen LogP contribution < -0.4 is 15.3 Å². The molecular formula is C30H32ClN3O3. The highest BCUT2D eigenvalue weighted by Gasteiger charge is 2.37. The monoisotopic (exact) mass is 517 g/mol. The first-order chi connectivity index (χ1) is 17.9. The van der Waals surface area contributed by atoms with Crippen molar-refractivity contribution in [1.29, 1.82) is 0 Å². The Bertz CT molecular complexity index is 1380. The van der Waals surface area contributed by atoms with Crippen molar-refractivity contribution in [1.82, 2.24) is 9.58 Å². The van der Waals surface area contributed by atoms with Crippen LogP contribution in [-0.2, 0) is 6.42 Å². The Morgan fingerprint density at radius 2 is 1.81 bits per heavy atom. The van der Waals surface area contributed by atoms with Gasteiger partial charge in [-0.3, -0.25) is 9.58 Å². The molecule has 7 heteroatoms. The second-order valence-electron chi connectivity index (χ2n) is 9.88. The molecular weight excluding hydrogens is 486 g/mol. The molecule has 192 valence electrons. The number of fused-ring (bicyclic) bond motifs is 3. The Kier molecular flexibility index (Phi) is 7.28. The Morgan fingerprint density at radius 3 is 2.54 bits per heavy atom. The average molecular weight is 518 g/mol. The molecule has 37 heavy (non-hydrogen) atoms. The minimum Gasteiger partial charge on any atom is -0.494 e. The summed E-state index contributed by atoms with van der Waals surface area (Å²) in [7, 11) is 0. The third-order valence-electron chi connectivity index (χ3n) is 6.86. The first-order valence-electron chi connectivity index (χ1n) is 12.8. The van der Waals surface area contributed by atoms with Gasteiger partial charge in [-0.05, 0) is 78.8 Å². The molecule has 1 unspecified atom stereocenters. The van der Waals surface area contributed by atoms with Gasteiger partial charge in [-0.2, -0.15) is 0 Å². The van der Waals surface area contributed by atoms with Crippen molar-refractivity contribution < 1.29 is 14.3 Å². The van der Waals surface area contributed by atoms with Crippen LogP contribution in [0, 0.1) is 5.92 Å². The SMILES string of the molecule is CC(C)CCCOc1ccc(C2c3c(c4cc(Cl)ccc4n3N)CCN2C(=O)Oc2ccccc2)cc1. The molecule has 0 fully saturated rings. The fourth-order valence-electron chi connectivity index (χ4n) is 5.05. The van der Waals surface area contributed by atoms with Crippen LogP contribution >= 0.6 is 11.6 Å². The van der Waals surface area contributed by atoms with E-state index in [0.29, 0.717) is 36.3 Å². The number of rotatable bonds is 7. The van der Waals surface area contributed by atoms with Gasteiger partial charge in [-0.15, -0.1) is 0 Å². The fourth-order valence-corrected chi connectivity index (χ4v) is 5.22. The summed E-state index contributed by atoms with van der Waals surface area (Å²) in [5, 5.41) is 1.67. The molecule has 2 N–H and O–H groups in total. The number of nitrogen functional groups attached to an aromatic ring is 1. The van der Waals surface area contributed by atoms with E-state index in [4.69, 9.17) is 26.9 Å². The van der Waals surface area contributed by atoms with Gasteiger partial charge in [-0.25, -0.2) is 4.79 Å². The molecule has 0 bridgehead atoms. The van der Waals surface area contributed by atoms with Gasteiger partial charge in [0.15, 0.2) is 0 Å². The number of hydrogen-bond acceptors (Lipinski definition) is 4. The van der Waals surface area contributed by atoms with Crippen molar-refractivity contribution in [2.24, 2.45) is 5.92 Å². The van der Waals surface area contributed by atoms with E-state index < -0.39 is 12.1 Å². The molecule has 4 aromatic rings. The van der Waals surface area contributed by atoms with Crippen LogP contribution in [0.2, 0.25) is 5.02 Å². The van der Waals surface area contributed by atoms with Gasteiger partial charge in [0.25, 0.3) is 0 Å². The summed E-state index contributed by atoms with van der Waals surface area (Å²) in [6, 6.07) is 22.3. The number of carbonyl (C=O) groups excluding carboxylic acids is 1. The van der Waals surface area contributed by atoms with E-state index in [1.165, 1.54) is 0 Å². The second kappa shape index (κ2) is 10.8. The third-order valence-corrected chi connectivity index (χ3v) is 7.09. The van der Waals surface area contributed by atoms with Crippen molar-refractivity contribution in [3.05, 3.63) is 94.6 Å². The standard InChI is InChI=1S/C30H32ClN3O3/c1-20(2)7-6-18-36-23-13-10-21(11-14-23)28-29-25(26-19-22(31)12-15-27(26)34(29)32)16-17-33(28)30(35)37-24-8-4-3-5-9-24/h3-5,8-15,19-20,28H,6-7,16-18,32H2,1-2H3. The maximum atomic E-state index is 13.4. The molecule has 2 heterocycles. The van der Waals surface area contributed by atoms with E-state index in [2.05, 4.69) is 13.8 Å². The fraction of sp³-hybridized carbons (Fsp3) is 0.300. The van der Waals surface area contributed by atoms with Crippen LogP contribution in [0.15, 0.2) is 72.8 Å². The predicted molar refractivity (Wildman–Crippen MR) is 148 cm³/mol. The minimum absolute atomic E-state index is 0.417. The van der Waals surface area contributed by atoms with Crippen LogP contribution in [0.1, 0.15) is 49.6 Å². The van der Waals surface area contributed by atoms with E-state index in [-0.39, 0.29) is 0 Å². The molecule has 5 rings (SSSR count). The average Bonchev–Trinajstić information content (AvgIpc) is 3.18. The summed E-state index contributed by atoms with van der Waals surface area (Å²) in [5.41, 5.74) is 3.77. The zero-order valence-corrected chi connectivity index (χ0v) is 21.9. The second-order valence-corrected chi connectivity index (χ2v) is 10.3. The van der Waals surface area contributed by atoms with Crippen molar-refractivity contribution >= 4 is 28.6 Å². The number of halogens is 1. The number of nitrogens with two attached hydrogens (primary N) is 1. The lowest BCUT2D eigenvalue weighted by molar-refractivity contribution is 0.134. The van der Waals surface area contributed by atoms with Crippen molar-refractivity contribution in [3.63, 3.8) is 0 Å². The summed E-state index contributed by atoms with van der Waals surface area (Å²) >= 11 is 6.33. The predicted octanol–water partition coefficient (Wildman–Crippen LogP) is 6.97. The number of amides is 1. The van der Waals surface area contributed by atoms with Gasteiger partial charge in [0.2, 0.25) is 0 Å². The highest BCUT2D eigenvalue weighted by atomic mass is 35.5. The Balaban J connectivity index is 1.49. The van der Waals surface area contributed by atoms with E-state index in [0.717, 1.165) is 46.3 Å². The van der Waals surface area contributed by atoms with Crippen molar-refractivity contribution in [2.75, 3.05) is 19.0 Å². The normalized spacial score (nSPS) is 15.1. The molecule has 1 amide bonds. The Hall–Kier alpha value is -3.64. The van der Waals surface area contributed by atoms with E-state index in [1.54, 1.807) is 21.7 Å². The summed E-state index contributed by atoms with van der Waals surface area (Å²) < 4.78 is 13.4. The summed E-state index contributed by atoms with van der Waals surface area (Å²) in [4.78, 5) is 15.2. The largest absolute Gasteiger partial charge is 0.494 e. The zero-order valence-electron chi connectivity index (χ0n) is 21.2. The molecule has 0 saturated carbocycles. The quantitative estimate of drug-likeness (QED) is 0.212. The maximum absolute atomic E-state index is 13.4. The molecule has 1 aliphatic rings. The molecule has 1 atom stereocenters. The topological polar surface area (TPSA) is 69.7 Å². The van der Waals surface area contributed by atoms with Gasteiger partial charge in [0.1, 0.15) is 17.5 Å². The van der Waals surface area contributed by atoms with Crippen molar-refractivity contribution in [3.8, 4) is 11.5 Å². The number of benzene rings is 3. The van der Waals surface area contributed by atoms with Crippen molar-refractivity contribution in [2.45, 2.75) is 39.2 Å². The first-order valence-corrected chi connectivity index (χ1v) is 13.1. The molecule has 0 saturated heterocycles. The minimum atomic E-state index is -0.425. The lowest BCUT2D eigenvalue weighted by Crippen LogP contribution is -2.43. The van der Waals surface area contributed by atoms with Gasteiger partial charge >= 0.3 is 6.09 Å². The summed E-state index contributed by atoms with van der Waals surface area (Å²) in [6.07, 6.45) is 2.37. The van der Waals surface area contributed by atoms with Crippen LogP contribution in [0.5, 0.6) is 11.5 Å². The first kappa shape index (κ1) is 25.0. The number of hydrogen-bond donors (Lipinski definition) is 1. The van der Waals surface area contributed by atoms with E-state index in [9.17, 15) is 4.79 Å². The lowest BCUT2D eigenvalue weighted by atomic mass is 9.92. The molecule has 1 aromatic heterocycles. The lowest BCUT2D eigenvalue weighted by Gasteiger charge is -2.36. The Labute approximate surface area is 222 Å². The molecule has 3 aromatic carbocycles. The number of aromatic nitrogens is 1. The number of ether oxygens (including phenoxy) is 2. The maximum Gasteiger partial charge on any atom is 0.416 e. The van der Waals surface area contributed by atoms with Gasteiger partial charge in [0, 0.05) is 17.0 Å². The van der Waals surface area contributed by atoms with E-state index in [1.807, 2.05) is 60.7 Å². The molecule has 6 nitrogen and oxygen atoms in total. The van der Waals surface area contributed by atoms with Gasteiger partial charge in [-0.1, -0.05) is 55.8 Å². The molecule has 1 aliphatic heterocycles. The highest BCUT2D eigenvalue weighted by Crippen LogP contribution is 2.41. The molecule has 0 radical (unpaired) electrons. The number of carbonyl (C=O) groups is 1. The number of para-hydroxylation sites is 1. The van der Waals surface area contributed by atoms with Crippen LogP contribution in [-0.4, -0.2) is 28.8 Å².